The third-order valence-corrected chi connectivity index (χ3v) is 5.83. The summed E-state index contributed by atoms with van der Waals surface area (Å²) in [4.78, 5) is 14.3. The average molecular weight is 419 g/mol. The van der Waals surface area contributed by atoms with E-state index in [1.165, 1.54) is 41.5 Å². The first-order valence-electron chi connectivity index (χ1n) is 8.43. The Labute approximate surface area is 168 Å². The summed E-state index contributed by atoms with van der Waals surface area (Å²) in [7, 11) is -2.16. The van der Waals surface area contributed by atoms with Gasteiger partial charge < -0.3 is 9.32 Å². The van der Waals surface area contributed by atoms with Crippen molar-refractivity contribution in [1.82, 2.24) is 4.90 Å². The second kappa shape index (κ2) is 8.08. The summed E-state index contributed by atoms with van der Waals surface area (Å²) in [5.41, 5.74) is 1.40. The highest BCUT2D eigenvalue weighted by Crippen LogP contribution is 2.24. The van der Waals surface area contributed by atoms with Gasteiger partial charge in [-0.2, -0.15) is 0 Å². The van der Waals surface area contributed by atoms with Gasteiger partial charge in [0, 0.05) is 12.7 Å². The number of furan rings is 1. The maximum atomic E-state index is 12.7. The van der Waals surface area contributed by atoms with Crippen LogP contribution in [0.5, 0.6) is 0 Å². The number of aryl methyl sites for hydroxylation is 1. The Bertz CT molecular complexity index is 1080. The molecule has 1 N–H and O–H groups in total. The molecule has 0 aliphatic heterocycles. The van der Waals surface area contributed by atoms with Crippen molar-refractivity contribution in [2.75, 3.05) is 11.8 Å². The van der Waals surface area contributed by atoms with Crippen LogP contribution in [-0.2, 0) is 16.6 Å². The number of carbonyl (C=O) groups is 1. The molecule has 0 radical (unpaired) electrons. The molecule has 0 fully saturated rings. The van der Waals surface area contributed by atoms with E-state index in [-0.39, 0.29) is 33.6 Å². The van der Waals surface area contributed by atoms with Crippen LogP contribution in [0.2, 0.25) is 5.02 Å². The Balaban J connectivity index is 1.82. The van der Waals surface area contributed by atoms with Crippen molar-refractivity contribution in [3.05, 3.63) is 82.8 Å². The molecule has 28 heavy (non-hydrogen) atoms. The number of sulfonamides is 1. The van der Waals surface area contributed by atoms with Gasteiger partial charge in [0.15, 0.2) is 0 Å². The van der Waals surface area contributed by atoms with Gasteiger partial charge in [0.1, 0.15) is 5.76 Å². The Morgan fingerprint density at radius 1 is 1.14 bits per heavy atom. The standard InChI is InChI=1S/C20H19ClN2O4S/c1-14-5-8-17(9-6-14)28(25,26)22-15-7-10-19(21)18(12-15)20(24)23(2)13-16-4-3-11-27-16/h3-12,22H,13H2,1-2H3. The Hall–Kier alpha value is -2.77. The molecular weight excluding hydrogens is 400 g/mol. The third kappa shape index (κ3) is 4.55. The van der Waals surface area contributed by atoms with Crippen LogP contribution in [0, 0.1) is 6.92 Å². The number of anilines is 1. The number of nitrogens with zero attached hydrogens (tertiary/aromatic N) is 1. The molecule has 0 bridgehead atoms. The molecule has 0 saturated heterocycles. The zero-order valence-electron chi connectivity index (χ0n) is 15.3. The minimum absolute atomic E-state index is 0.135. The smallest absolute Gasteiger partial charge is 0.261 e. The first-order valence-corrected chi connectivity index (χ1v) is 10.3. The van der Waals surface area contributed by atoms with Crippen LogP contribution in [0.3, 0.4) is 0 Å². The number of halogens is 1. The van der Waals surface area contributed by atoms with Gasteiger partial charge in [-0.15, -0.1) is 0 Å². The van der Waals surface area contributed by atoms with Gasteiger partial charge in [-0.3, -0.25) is 9.52 Å². The zero-order chi connectivity index (χ0) is 20.3. The summed E-state index contributed by atoms with van der Waals surface area (Å²) in [6.45, 7) is 2.14. The maximum absolute atomic E-state index is 12.7. The van der Waals surface area contributed by atoms with Gasteiger partial charge in [-0.05, 0) is 49.4 Å². The zero-order valence-corrected chi connectivity index (χ0v) is 16.9. The summed E-state index contributed by atoms with van der Waals surface area (Å²) in [5.74, 6) is 0.279. The second-order valence-corrected chi connectivity index (χ2v) is 8.44. The lowest BCUT2D eigenvalue weighted by molar-refractivity contribution is 0.0775. The van der Waals surface area contributed by atoms with Crippen molar-refractivity contribution in [3.63, 3.8) is 0 Å². The fraction of sp³-hybridized carbons (Fsp3) is 0.150. The maximum Gasteiger partial charge on any atom is 0.261 e. The lowest BCUT2D eigenvalue weighted by atomic mass is 10.1. The summed E-state index contributed by atoms with van der Waals surface area (Å²) in [6.07, 6.45) is 1.53. The molecule has 2 aromatic carbocycles. The van der Waals surface area contributed by atoms with Crippen molar-refractivity contribution in [2.45, 2.75) is 18.4 Å². The van der Waals surface area contributed by atoms with Gasteiger partial charge in [0.2, 0.25) is 0 Å². The first-order chi connectivity index (χ1) is 13.3. The number of hydrogen-bond acceptors (Lipinski definition) is 4. The molecule has 0 atom stereocenters. The van der Waals surface area contributed by atoms with Crippen LogP contribution in [-0.4, -0.2) is 26.3 Å². The topological polar surface area (TPSA) is 79.6 Å². The highest BCUT2D eigenvalue weighted by molar-refractivity contribution is 7.92. The third-order valence-electron chi connectivity index (χ3n) is 4.10. The van der Waals surface area contributed by atoms with Crippen LogP contribution in [0.1, 0.15) is 21.7 Å². The molecule has 0 saturated carbocycles. The molecule has 0 unspecified atom stereocenters. The van der Waals surface area contributed by atoms with E-state index in [4.69, 9.17) is 16.0 Å². The number of benzene rings is 2. The quantitative estimate of drug-likeness (QED) is 0.646. The minimum Gasteiger partial charge on any atom is -0.467 e. The van der Waals surface area contributed by atoms with Crippen LogP contribution >= 0.6 is 11.6 Å². The van der Waals surface area contributed by atoms with E-state index >= 15 is 0 Å². The Morgan fingerprint density at radius 3 is 2.50 bits per heavy atom. The number of amides is 1. The summed E-state index contributed by atoms with van der Waals surface area (Å²) in [5, 5.41) is 0.231. The van der Waals surface area contributed by atoms with Crippen LogP contribution < -0.4 is 4.72 Å². The molecule has 3 rings (SSSR count). The van der Waals surface area contributed by atoms with E-state index in [0.717, 1.165) is 5.56 Å². The summed E-state index contributed by atoms with van der Waals surface area (Å²) < 4.78 is 32.9. The summed E-state index contributed by atoms with van der Waals surface area (Å²) in [6, 6.07) is 14.4. The van der Waals surface area contributed by atoms with E-state index in [1.807, 2.05) is 6.92 Å². The fourth-order valence-corrected chi connectivity index (χ4v) is 3.85. The molecule has 146 valence electrons. The number of hydrogen-bond donors (Lipinski definition) is 1. The molecule has 1 heterocycles. The van der Waals surface area contributed by atoms with E-state index in [0.29, 0.717) is 5.76 Å². The van der Waals surface area contributed by atoms with Crippen molar-refractivity contribution in [2.24, 2.45) is 0 Å². The lowest BCUT2D eigenvalue weighted by Crippen LogP contribution is -2.26. The van der Waals surface area contributed by atoms with Gasteiger partial charge in [0.05, 0.1) is 28.3 Å². The van der Waals surface area contributed by atoms with Crippen molar-refractivity contribution >= 4 is 33.2 Å². The molecule has 0 aliphatic carbocycles. The molecular formula is C20H19ClN2O4S. The van der Waals surface area contributed by atoms with Gasteiger partial charge in [-0.25, -0.2) is 8.42 Å². The van der Waals surface area contributed by atoms with Crippen molar-refractivity contribution in [1.29, 1.82) is 0 Å². The normalized spacial score (nSPS) is 11.2. The van der Waals surface area contributed by atoms with Crippen molar-refractivity contribution in [3.8, 4) is 0 Å². The molecule has 0 aliphatic rings. The highest BCUT2D eigenvalue weighted by atomic mass is 35.5. The number of rotatable bonds is 6. The van der Waals surface area contributed by atoms with Gasteiger partial charge in [0.25, 0.3) is 15.9 Å². The summed E-state index contributed by atoms with van der Waals surface area (Å²) >= 11 is 6.17. The predicted molar refractivity (Wildman–Crippen MR) is 108 cm³/mol. The Morgan fingerprint density at radius 2 is 1.86 bits per heavy atom. The fourth-order valence-electron chi connectivity index (χ4n) is 2.60. The molecule has 8 heteroatoms. The monoisotopic (exact) mass is 418 g/mol. The lowest BCUT2D eigenvalue weighted by Gasteiger charge is -2.17. The largest absolute Gasteiger partial charge is 0.467 e. The second-order valence-electron chi connectivity index (χ2n) is 6.35. The van der Waals surface area contributed by atoms with E-state index < -0.39 is 10.0 Å². The first kappa shape index (κ1) is 20.0. The molecule has 6 nitrogen and oxygen atoms in total. The van der Waals surface area contributed by atoms with Crippen LogP contribution in [0.4, 0.5) is 5.69 Å². The molecule has 0 spiro atoms. The van der Waals surface area contributed by atoms with Crippen LogP contribution in [0.25, 0.3) is 0 Å². The molecule has 3 aromatic rings. The average Bonchev–Trinajstić information content (AvgIpc) is 3.16. The van der Waals surface area contributed by atoms with Gasteiger partial charge >= 0.3 is 0 Å². The Kier molecular flexibility index (Phi) is 5.76. The van der Waals surface area contributed by atoms with Crippen molar-refractivity contribution < 1.29 is 17.6 Å². The predicted octanol–water partition coefficient (Wildman–Crippen LogP) is 4.31. The molecule has 1 aromatic heterocycles. The van der Waals surface area contributed by atoms with E-state index in [9.17, 15) is 13.2 Å². The number of nitrogens with one attached hydrogen (secondary N) is 1. The SMILES string of the molecule is Cc1ccc(S(=O)(=O)Nc2ccc(Cl)c(C(=O)N(C)Cc3ccco3)c2)cc1. The van der Waals surface area contributed by atoms with Gasteiger partial charge in [-0.1, -0.05) is 29.3 Å². The minimum atomic E-state index is -3.78. The highest BCUT2D eigenvalue weighted by Gasteiger charge is 2.19. The van der Waals surface area contributed by atoms with Crippen LogP contribution in [0.15, 0.2) is 70.2 Å². The van der Waals surface area contributed by atoms with E-state index in [2.05, 4.69) is 4.72 Å². The van der Waals surface area contributed by atoms with E-state index in [1.54, 1.807) is 31.3 Å². The number of carbonyl (C=O) groups excluding carboxylic acids is 1. The molecule has 1 amide bonds.